The van der Waals surface area contributed by atoms with Gasteiger partial charge in [-0.3, -0.25) is 4.90 Å². The van der Waals surface area contributed by atoms with Gasteiger partial charge in [-0.15, -0.1) is 11.3 Å². The third kappa shape index (κ3) is 10.1. The van der Waals surface area contributed by atoms with Crippen LogP contribution in [-0.4, -0.2) is 134 Å². The lowest BCUT2D eigenvalue weighted by Gasteiger charge is -2.34. The molecule has 0 saturated carbocycles. The number of aromatic nitrogens is 4. The number of methoxy groups -OCH3 is 1. The van der Waals surface area contributed by atoms with Crippen LogP contribution in [0.25, 0.3) is 32.7 Å². The second-order valence-corrected chi connectivity index (χ2v) is 17.1. The molecule has 4 aliphatic rings. The summed E-state index contributed by atoms with van der Waals surface area (Å²) in [4.78, 5) is 38.4. The van der Waals surface area contributed by atoms with Crippen LogP contribution in [-0.2, 0) is 32.0 Å². The van der Waals surface area contributed by atoms with E-state index < -0.39 is 18.2 Å². The first-order valence-corrected chi connectivity index (χ1v) is 22.4. The molecule has 0 amide bonds. The summed E-state index contributed by atoms with van der Waals surface area (Å²) in [5.74, 6) is 2.68. The maximum absolute atomic E-state index is 14.4. The molecule has 15 nitrogen and oxygen atoms in total. The lowest BCUT2D eigenvalue weighted by molar-refractivity contribution is -0.163. The molecule has 4 aliphatic heterocycles. The molecule has 64 heavy (non-hydrogen) atoms. The second-order valence-electron chi connectivity index (χ2n) is 16.2. The van der Waals surface area contributed by atoms with Gasteiger partial charge in [-0.2, -0.15) is 0 Å². The van der Waals surface area contributed by atoms with E-state index >= 15 is 0 Å². The number of ether oxygens (including phenoxy) is 8. The number of para-hydroxylation sites is 1. The Morgan fingerprint density at radius 3 is 2.53 bits per heavy atom. The minimum atomic E-state index is -1.17. The van der Waals surface area contributed by atoms with Crippen molar-refractivity contribution >= 4 is 27.5 Å². The predicted octanol–water partition coefficient (Wildman–Crippen LogP) is 6.36. The number of rotatable bonds is 10. The highest BCUT2D eigenvalue weighted by molar-refractivity contribution is 7.17. The monoisotopic (exact) mass is 888 g/mol. The zero-order chi connectivity index (χ0) is 44.0. The van der Waals surface area contributed by atoms with Crippen molar-refractivity contribution in [3.63, 3.8) is 0 Å². The highest BCUT2D eigenvalue weighted by Gasteiger charge is 2.30. The molecule has 3 aromatic heterocycles. The molecule has 2 saturated heterocycles. The number of carbonyl (C=O) groups excluding carboxylic acids is 1. The van der Waals surface area contributed by atoms with E-state index in [0.29, 0.717) is 66.1 Å². The summed E-state index contributed by atoms with van der Waals surface area (Å²) in [5.41, 5.74) is 6.01. The summed E-state index contributed by atoms with van der Waals surface area (Å²) >= 11 is 1.49. The van der Waals surface area contributed by atoms with E-state index in [1.807, 2.05) is 42.5 Å². The van der Waals surface area contributed by atoms with Crippen molar-refractivity contribution in [3.05, 3.63) is 101 Å². The van der Waals surface area contributed by atoms with Gasteiger partial charge in [0.05, 0.1) is 43.6 Å². The standard InChI is InChI=1S/C48H52N6O9S/c1-30-19-35-20-31(2)43(30)39-28-64-47-44(39)46(50-29-51-47)63-42(48(55)61-27-37-25-57-17-18-58-37)22-32-21-34(59-26-36(62-35)23-54-15-13-53(3)14-16-54)9-10-40(32)60-24-33-11-12-49-45(52-33)38-7-5-6-8-41(38)56-4/h5-12,19-21,28-29,36-37,42H,13-18,22-27H2,1-4H3/t36?,37-,42?/m1/s1. The molecule has 10 rings (SSSR count). The number of aryl methyl sites for hydroxylation is 2. The number of likely N-dealkylation sites (N-methyl/N-ethyl adjacent to an activating group) is 1. The molecular weight excluding hydrogens is 837 g/mol. The van der Waals surface area contributed by atoms with Crippen molar-refractivity contribution in [1.82, 2.24) is 29.7 Å². The molecule has 6 aromatic rings. The van der Waals surface area contributed by atoms with Gasteiger partial charge in [0.25, 0.3) is 0 Å². The van der Waals surface area contributed by atoms with Crippen LogP contribution in [0.5, 0.6) is 28.9 Å². The Balaban J connectivity index is 1.09. The van der Waals surface area contributed by atoms with E-state index in [-0.39, 0.29) is 38.2 Å². The van der Waals surface area contributed by atoms with Crippen molar-refractivity contribution in [2.45, 2.75) is 45.2 Å². The summed E-state index contributed by atoms with van der Waals surface area (Å²) in [7, 11) is 3.77. The smallest absolute Gasteiger partial charge is 0.347 e. The number of hydrogen-bond donors (Lipinski definition) is 0. The van der Waals surface area contributed by atoms with Crippen LogP contribution >= 0.6 is 11.3 Å². The predicted molar refractivity (Wildman–Crippen MR) is 241 cm³/mol. The van der Waals surface area contributed by atoms with Gasteiger partial charge in [-0.25, -0.2) is 24.7 Å². The third-order valence-corrected chi connectivity index (χ3v) is 12.5. The van der Waals surface area contributed by atoms with Crippen molar-refractivity contribution < 1.29 is 42.7 Å². The zero-order valence-electron chi connectivity index (χ0n) is 36.5. The fourth-order valence-electron chi connectivity index (χ4n) is 8.30. The van der Waals surface area contributed by atoms with Crippen LogP contribution in [0, 0.1) is 13.8 Å². The molecule has 3 aromatic carbocycles. The first-order valence-electron chi connectivity index (χ1n) is 21.6. The number of hydrogen-bond acceptors (Lipinski definition) is 16. The maximum atomic E-state index is 14.4. The SMILES string of the molecule is COc1ccccc1-c1nccc(COc2ccc3cc2CC(C(=O)OC[C@H]2COCCO2)Oc2ncnc4scc(c24)-c2c(C)cc(cc2C)OC(CN2CCN(C)CC2)CO3)n1. The highest BCUT2D eigenvalue weighted by Crippen LogP contribution is 2.42. The Morgan fingerprint density at radius 2 is 1.72 bits per heavy atom. The number of benzene rings is 3. The van der Waals surface area contributed by atoms with Crippen LogP contribution in [0.4, 0.5) is 0 Å². The van der Waals surface area contributed by atoms with E-state index in [9.17, 15) is 4.79 Å². The molecule has 0 radical (unpaired) electrons. The number of carbonyl (C=O) groups is 1. The topological polar surface area (TPSA) is 149 Å². The largest absolute Gasteiger partial charge is 0.496 e. The highest BCUT2D eigenvalue weighted by atomic mass is 32.1. The van der Waals surface area contributed by atoms with E-state index in [1.165, 1.54) is 17.7 Å². The van der Waals surface area contributed by atoms with Crippen LogP contribution in [0.1, 0.15) is 22.4 Å². The molecule has 2 unspecified atom stereocenters. The fraction of sp³-hybridized carbons (Fsp3) is 0.396. The number of nitrogens with zero attached hydrogens (tertiary/aromatic N) is 6. The first kappa shape index (κ1) is 43.3. The number of fused-ring (bicyclic) bond motifs is 7. The van der Waals surface area contributed by atoms with Crippen LogP contribution in [0.3, 0.4) is 0 Å². The van der Waals surface area contributed by atoms with Gasteiger partial charge in [0.15, 0.2) is 5.82 Å². The molecule has 2 fully saturated rings. The van der Waals surface area contributed by atoms with Crippen molar-refractivity contribution in [2.24, 2.45) is 0 Å². The summed E-state index contributed by atoms with van der Waals surface area (Å²) < 4.78 is 49.6. The van der Waals surface area contributed by atoms with E-state index in [0.717, 1.165) is 64.6 Å². The van der Waals surface area contributed by atoms with E-state index in [1.54, 1.807) is 19.4 Å². The van der Waals surface area contributed by atoms with Gasteiger partial charge >= 0.3 is 5.97 Å². The summed E-state index contributed by atoms with van der Waals surface area (Å²) in [6.07, 6.45) is 1.33. The Labute approximate surface area is 376 Å². The summed E-state index contributed by atoms with van der Waals surface area (Å²) in [6.45, 7) is 10.3. The van der Waals surface area contributed by atoms with Crippen molar-refractivity contribution in [2.75, 3.05) is 79.9 Å². The first-order chi connectivity index (χ1) is 31.3. The van der Waals surface area contributed by atoms with Gasteiger partial charge in [-0.05, 0) is 86.1 Å². The summed E-state index contributed by atoms with van der Waals surface area (Å²) in [5, 5.41) is 2.77. The van der Waals surface area contributed by atoms with Crippen LogP contribution in [0.15, 0.2) is 78.6 Å². The molecular formula is C48H52N6O9S. The Kier molecular flexibility index (Phi) is 13.5. The minimum absolute atomic E-state index is 0.00420. The Morgan fingerprint density at radius 1 is 0.875 bits per heavy atom. The second kappa shape index (κ2) is 19.9. The normalized spacial score (nSPS) is 19.5. The Bertz CT molecular complexity index is 2550. The number of piperazine rings is 1. The minimum Gasteiger partial charge on any atom is -0.496 e. The number of thiophene rings is 1. The van der Waals surface area contributed by atoms with E-state index in [4.69, 9.17) is 42.9 Å². The fourth-order valence-corrected chi connectivity index (χ4v) is 9.19. The maximum Gasteiger partial charge on any atom is 0.347 e. The molecule has 0 aliphatic carbocycles. The molecule has 0 N–H and O–H groups in total. The van der Waals surface area contributed by atoms with Crippen LogP contribution in [0.2, 0.25) is 0 Å². The molecule has 16 heteroatoms. The van der Waals surface area contributed by atoms with Crippen LogP contribution < -0.4 is 23.7 Å². The lowest BCUT2D eigenvalue weighted by Crippen LogP contribution is -2.49. The lowest BCUT2D eigenvalue weighted by atomic mass is 9.95. The van der Waals surface area contributed by atoms with Gasteiger partial charge in [-0.1, -0.05) is 12.1 Å². The number of esters is 1. The molecule has 0 spiro atoms. The Hall–Kier alpha value is -5.91. The van der Waals surface area contributed by atoms with Crippen molar-refractivity contribution in [3.8, 4) is 51.4 Å². The van der Waals surface area contributed by atoms with Gasteiger partial charge in [0, 0.05) is 61.8 Å². The van der Waals surface area contributed by atoms with E-state index in [2.05, 4.69) is 63.2 Å². The molecule has 4 bridgehead atoms. The average molecular weight is 889 g/mol. The summed E-state index contributed by atoms with van der Waals surface area (Å²) in [6, 6.07) is 19.1. The molecule has 334 valence electrons. The van der Waals surface area contributed by atoms with Gasteiger partial charge in [0.2, 0.25) is 12.0 Å². The molecule has 3 atom stereocenters. The van der Waals surface area contributed by atoms with Crippen molar-refractivity contribution in [1.29, 1.82) is 0 Å². The zero-order valence-corrected chi connectivity index (χ0v) is 37.3. The molecule has 7 heterocycles. The quantitative estimate of drug-likeness (QED) is 0.141. The van der Waals surface area contributed by atoms with Gasteiger partial charge in [0.1, 0.15) is 66.2 Å². The van der Waals surface area contributed by atoms with Gasteiger partial charge < -0.3 is 42.8 Å². The third-order valence-electron chi connectivity index (χ3n) is 11.6. The average Bonchev–Trinajstić information content (AvgIpc) is 3.74.